The van der Waals surface area contributed by atoms with Gasteiger partial charge in [-0.3, -0.25) is 0 Å². The molecule has 0 saturated heterocycles. The number of benzene rings is 4. The van der Waals surface area contributed by atoms with Crippen LogP contribution in [0.3, 0.4) is 0 Å². The quantitative estimate of drug-likeness (QED) is 0.233. The molecular formula is C28H24BrO3P. The topological polar surface area (TPSA) is 27.7 Å². The Labute approximate surface area is 204 Å². The third kappa shape index (κ3) is 4.42. The summed E-state index contributed by atoms with van der Waals surface area (Å²) in [5.74, 6) is 1.85. The van der Waals surface area contributed by atoms with Gasteiger partial charge in [-0.15, -0.1) is 0 Å². The van der Waals surface area contributed by atoms with Gasteiger partial charge in [0.05, 0.1) is 21.3 Å². The van der Waals surface area contributed by atoms with Crippen LogP contribution in [0.2, 0.25) is 0 Å². The minimum Gasteiger partial charge on any atom is -0.492 e. The first-order valence-corrected chi connectivity index (χ1v) is 13.4. The van der Waals surface area contributed by atoms with Gasteiger partial charge in [-0.1, -0.05) is 91.0 Å². The van der Waals surface area contributed by atoms with E-state index in [1.54, 1.807) is 21.3 Å². The van der Waals surface area contributed by atoms with Crippen LogP contribution < -0.4 is 14.2 Å². The SMILES string of the molecule is COc1c(OC)c(-c2ccccc2)c(C(=PBr)c2ccccc2)c(-c2ccccc2)c1OC. The molecular weight excluding hydrogens is 495 g/mol. The molecule has 0 aliphatic heterocycles. The lowest BCUT2D eigenvalue weighted by Gasteiger charge is -2.25. The highest BCUT2D eigenvalue weighted by atomic mass is 79.9. The first kappa shape index (κ1) is 23.1. The van der Waals surface area contributed by atoms with Crippen molar-refractivity contribution in [2.24, 2.45) is 0 Å². The van der Waals surface area contributed by atoms with Crippen LogP contribution in [0.1, 0.15) is 11.1 Å². The van der Waals surface area contributed by atoms with Gasteiger partial charge in [0.2, 0.25) is 5.75 Å². The molecule has 0 heterocycles. The number of hydrogen-bond donors (Lipinski definition) is 0. The first-order valence-electron chi connectivity index (χ1n) is 10.5. The van der Waals surface area contributed by atoms with Gasteiger partial charge in [-0.2, -0.15) is 0 Å². The Kier molecular flexibility index (Phi) is 7.49. The largest absolute Gasteiger partial charge is 0.492 e. The molecule has 0 amide bonds. The molecule has 0 aliphatic carbocycles. The van der Waals surface area contributed by atoms with Crippen molar-refractivity contribution >= 4 is 27.7 Å². The maximum absolute atomic E-state index is 5.99. The summed E-state index contributed by atoms with van der Waals surface area (Å²) in [6, 6.07) is 30.9. The zero-order chi connectivity index (χ0) is 23.2. The lowest BCUT2D eigenvalue weighted by Crippen LogP contribution is -2.10. The fourth-order valence-corrected chi connectivity index (χ4v) is 5.79. The second kappa shape index (κ2) is 10.7. The fourth-order valence-electron chi connectivity index (χ4n) is 4.09. The van der Waals surface area contributed by atoms with E-state index in [1.165, 1.54) is 0 Å². The Balaban J connectivity index is 2.25. The molecule has 166 valence electrons. The van der Waals surface area contributed by atoms with Gasteiger partial charge >= 0.3 is 0 Å². The molecule has 0 N–H and O–H groups in total. The van der Waals surface area contributed by atoms with Crippen LogP contribution in [0.4, 0.5) is 0 Å². The van der Waals surface area contributed by atoms with Gasteiger partial charge < -0.3 is 14.2 Å². The highest BCUT2D eigenvalue weighted by Crippen LogP contribution is 2.54. The number of methoxy groups -OCH3 is 3. The first-order chi connectivity index (χ1) is 16.2. The lowest BCUT2D eigenvalue weighted by molar-refractivity contribution is 0.326. The fraction of sp³-hybridized carbons (Fsp3) is 0.107. The van der Waals surface area contributed by atoms with Gasteiger partial charge in [0, 0.05) is 22.0 Å². The number of rotatable bonds is 7. The minimum absolute atomic E-state index is 0.570. The Morgan fingerprint density at radius 2 is 0.970 bits per heavy atom. The second-order valence-corrected chi connectivity index (χ2v) is 8.94. The van der Waals surface area contributed by atoms with Crippen molar-refractivity contribution in [2.75, 3.05) is 21.3 Å². The zero-order valence-electron chi connectivity index (χ0n) is 18.7. The molecule has 0 saturated carbocycles. The Morgan fingerprint density at radius 3 is 1.33 bits per heavy atom. The normalized spacial score (nSPS) is 11.2. The average Bonchev–Trinajstić information content (AvgIpc) is 2.89. The van der Waals surface area contributed by atoms with Crippen LogP contribution in [0.5, 0.6) is 17.2 Å². The summed E-state index contributed by atoms with van der Waals surface area (Å²) in [5.41, 5.74) is 6.13. The minimum atomic E-state index is 0.570. The lowest BCUT2D eigenvalue weighted by atomic mass is 9.86. The van der Waals surface area contributed by atoms with Gasteiger partial charge in [0.1, 0.15) is 0 Å². The third-order valence-electron chi connectivity index (χ3n) is 5.47. The van der Waals surface area contributed by atoms with Crippen LogP contribution >= 0.6 is 22.4 Å². The van der Waals surface area contributed by atoms with E-state index >= 15 is 0 Å². The van der Waals surface area contributed by atoms with Crippen molar-refractivity contribution in [2.45, 2.75) is 0 Å². The molecule has 5 heteroatoms. The van der Waals surface area contributed by atoms with E-state index in [9.17, 15) is 0 Å². The van der Waals surface area contributed by atoms with E-state index in [1.807, 2.05) is 42.5 Å². The Morgan fingerprint density at radius 1 is 0.576 bits per heavy atom. The molecule has 0 bridgehead atoms. The molecule has 0 atom stereocenters. The molecule has 0 spiro atoms. The second-order valence-electron chi connectivity index (χ2n) is 7.26. The summed E-state index contributed by atoms with van der Waals surface area (Å²) in [5, 5.41) is 1.10. The number of halogens is 1. The molecule has 0 unspecified atom stereocenters. The summed E-state index contributed by atoms with van der Waals surface area (Å²) in [4.78, 5) is 0. The molecule has 4 aromatic carbocycles. The predicted molar refractivity (Wildman–Crippen MR) is 142 cm³/mol. The zero-order valence-corrected chi connectivity index (χ0v) is 21.2. The van der Waals surface area contributed by atoms with Gasteiger partial charge in [0.25, 0.3) is 0 Å². The standard InChI is InChI=1S/C28H24BrO3P/c1-30-25-22(19-13-7-4-8-14-19)24(28(33-29)21-17-11-6-12-18-21)23(20-15-9-5-10-16-20)26(31-2)27(25)32-3/h4-18H,1-3H3. The van der Waals surface area contributed by atoms with Gasteiger partial charge in [-0.25, -0.2) is 0 Å². The third-order valence-corrected chi connectivity index (χ3v) is 7.19. The van der Waals surface area contributed by atoms with E-state index in [0.29, 0.717) is 17.2 Å². The summed E-state index contributed by atoms with van der Waals surface area (Å²) in [6.07, 6.45) is 0. The van der Waals surface area contributed by atoms with Gasteiger partial charge in [0.15, 0.2) is 11.5 Å². The molecule has 33 heavy (non-hydrogen) atoms. The van der Waals surface area contributed by atoms with Crippen LogP contribution in [0.25, 0.3) is 22.3 Å². The number of ether oxygens (including phenoxy) is 3. The summed E-state index contributed by atoms with van der Waals surface area (Å²) in [7, 11) is 4.99. The van der Waals surface area contributed by atoms with E-state index < -0.39 is 0 Å². The monoisotopic (exact) mass is 518 g/mol. The van der Waals surface area contributed by atoms with Crippen molar-refractivity contribution in [3.8, 4) is 39.5 Å². The van der Waals surface area contributed by atoms with E-state index in [0.717, 1.165) is 45.6 Å². The van der Waals surface area contributed by atoms with Crippen molar-refractivity contribution in [1.29, 1.82) is 0 Å². The van der Waals surface area contributed by atoms with Crippen LogP contribution in [-0.4, -0.2) is 26.6 Å². The Bertz CT molecular complexity index is 1190. The van der Waals surface area contributed by atoms with Crippen molar-refractivity contribution in [3.05, 3.63) is 102 Å². The summed E-state index contributed by atoms with van der Waals surface area (Å²) < 4.78 is 17.9. The molecule has 0 radical (unpaired) electrons. The summed E-state index contributed by atoms with van der Waals surface area (Å²) in [6.45, 7) is 0.940. The predicted octanol–water partition coefficient (Wildman–Crippen LogP) is 7.87. The highest BCUT2D eigenvalue weighted by Gasteiger charge is 2.30. The molecule has 0 fully saturated rings. The van der Waals surface area contributed by atoms with Crippen molar-refractivity contribution in [3.63, 3.8) is 0 Å². The van der Waals surface area contributed by atoms with Crippen LogP contribution in [0.15, 0.2) is 91.0 Å². The smallest absolute Gasteiger partial charge is 0.204 e. The van der Waals surface area contributed by atoms with Crippen LogP contribution in [0, 0.1) is 0 Å². The molecule has 0 aliphatic rings. The highest BCUT2D eigenvalue weighted by molar-refractivity contribution is 9.36. The Hall–Kier alpha value is -3.07. The maximum atomic E-state index is 5.99. The van der Waals surface area contributed by atoms with Crippen molar-refractivity contribution in [1.82, 2.24) is 0 Å². The van der Waals surface area contributed by atoms with Crippen molar-refractivity contribution < 1.29 is 14.2 Å². The molecule has 4 rings (SSSR count). The summed E-state index contributed by atoms with van der Waals surface area (Å²) >= 11 is 3.75. The van der Waals surface area contributed by atoms with Gasteiger partial charge in [-0.05, 0) is 39.1 Å². The van der Waals surface area contributed by atoms with E-state index in [2.05, 4.69) is 64.0 Å². The van der Waals surface area contributed by atoms with Crippen LogP contribution in [-0.2, 0) is 0 Å². The average molecular weight is 519 g/mol. The number of hydrogen-bond acceptors (Lipinski definition) is 3. The molecule has 0 aromatic heterocycles. The molecule has 3 nitrogen and oxygen atoms in total. The van der Waals surface area contributed by atoms with E-state index in [-0.39, 0.29) is 0 Å². The maximum Gasteiger partial charge on any atom is 0.204 e. The van der Waals surface area contributed by atoms with E-state index in [4.69, 9.17) is 14.2 Å². The molecule has 4 aromatic rings.